The third-order valence-corrected chi connectivity index (χ3v) is 5.40. The molecule has 2 rings (SSSR count). The van der Waals surface area contributed by atoms with E-state index in [0.717, 1.165) is 19.4 Å². The predicted molar refractivity (Wildman–Crippen MR) is 80.2 cm³/mol. The zero-order chi connectivity index (χ0) is 14.8. The van der Waals surface area contributed by atoms with Gasteiger partial charge in [0.15, 0.2) is 0 Å². The zero-order valence-electron chi connectivity index (χ0n) is 12.4. The minimum atomic E-state index is -3.40. The molecule has 1 aromatic rings. The fraction of sp³-hybridized carbons (Fsp3) is 0.643. The quantitative estimate of drug-likeness (QED) is 0.906. The number of hydrogen-bond acceptors (Lipinski definition) is 4. The van der Waals surface area contributed by atoms with Crippen LogP contribution in [0, 0.1) is 5.41 Å². The van der Waals surface area contributed by atoms with E-state index in [1.165, 1.54) is 6.20 Å². The van der Waals surface area contributed by atoms with Crippen LogP contribution in [0.5, 0.6) is 0 Å². The lowest BCUT2D eigenvalue weighted by molar-refractivity contribution is 0.375. The molecule has 0 radical (unpaired) electrons. The number of nitrogens with zero attached hydrogens (tertiary/aromatic N) is 2. The minimum absolute atomic E-state index is 0.0587. The molecule has 0 bridgehead atoms. The van der Waals surface area contributed by atoms with E-state index >= 15 is 0 Å². The Morgan fingerprint density at radius 3 is 2.65 bits per heavy atom. The molecule has 1 aliphatic heterocycles. The van der Waals surface area contributed by atoms with E-state index in [2.05, 4.69) is 31.1 Å². The van der Waals surface area contributed by atoms with Crippen LogP contribution in [0.3, 0.4) is 0 Å². The summed E-state index contributed by atoms with van der Waals surface area (Å²) >= 11 is 0. The first-order chi connectivity index (χ1) is 9.35. The number of rotatable bonds is 5. The van der Waals surface area contributed by atoms with Crippen LogP contribution < -0.4 is 5.32 Å². The first-order valence-electron chi connectivity index (χ1n) is 7.05. The summed E-state index contributed by atoms with van der Waals surface area (Å²) in [7, 11) is -3.40. The Hall–Kier alpha value is -1.14. The number of hydrogen-bond donors (Lipinski definition) is 1. The summed E-state index contributed by atoms with van der Waals surface area (Å²) in [6.45, 7) is 8.26. The summed E-state index contributed by atoms with van der Waals surface area (Å²) in [6.07, 6.45) is 3.35. The van der Waals surface area contributed by atoms with E-state index in [1.807, 2.05) is 0 Å². The monoisotopic (exact) mass is 297 g/mol. The molecule has 1 N–H and O–H groups in total. The Morgan fingerprint density at radius 2 is 2.15 bits per heavy atom. The second-order valence-electron chi connectivity index (χ2n) is 6.06. The normalized spacial score (nSPS) is 19.1. The van der Waals surface area contributed by atoms with Gasteiger partial charge >= 0.3 is 0 Å². The first kappa shape index (κ1) is 15.3. The maximum atomic E-state index is 12.5. The molecule has 0 aromatic carbocycles. The molecule has 0 spiro atoms. The molecule has 2 heterocycles. The zero-order valence-corrected chi connectivity index (χ0v) is 13.2. The van der Waals surface area contributed by atoms with Crippen LogP contribution in [0.1, 0.15) is 33.6 Å². The van der Waals surface area contributed by atoms with E-state index < -0.39 is 10.0 Å². The molecular formula is C14H23N3O2S. The average Bonchev–Trinajstić information content (AvgIpc) is 2.78. The predicted octanol–water partition coefficient (Wildman–Crippen LogP) is 2.32. The van der Waals surface area contributed by atoms with Crippen LogP contribution in [0.15, 0.2) is 23.2 Å². The standard InChI is InChI=1S/C14H23N3O2S/c1-4-8-15-13-6-5-12(10-16-13)20(18,19)17-9-7-14(2,3)11-17/h5-6,10H,4,7-9,11H2,1-3H3,(H,15,16). The van der Waals surface area contributed by atoms with Crippen LogP contribution in [0.4, 0.5) is 5.82 Å². The maximum Gasteiger partial charge on any atom is 0.244 e. The first-order valence-corrected chi connectivity index (χ1v) is 8.49. The van der Waals surface area contributed by atoms with Gasteiger partial charge in [-0.2, -0.15) is 4.31 Å². The topological polar surface area (TPSA) is 62.3 Å². The summed E-state index contributed by atoms with van der Waals surface area (Å²) in [5.41, 5.74) is 0.0587. The van der Waals surface area contributed by atoms with Crippen LogP contribution in [-0.4, -0.2) is 37.3 Å². The maximum absolute atomic E-state index is 12.5. The van der Waals surface area contributed by atoms with Crippen molar-refractivity contribution in [3.05, 3.63) is 18.3 Å². The molecule has 1 fully saturated rings. The Bertz CT molecular complexity index is 552. The second-order valence-corrected chi connectivity index (χ2v) is 8.00. The van der Waals surface area contributed by atoms with Gasteiger partial charge in [-0.15, -0.1) is 0 Å². The molecule has 1 saturated heterocycles. The van der Waals surface area contributed by atoms with Crippen molar-refractivity contribution in [2.75, 3.05) is 25.0 Å². The highest BCUT2D eigenvalue weighted by molar-refractivity contribution is 7.89. The molecule has 0 saturated carbocycles. The number of sulfonamides is 1. The van der Waals surface area contributed by atoms with Gasteiger partial charge in [0.25, 0.3) is 0 Å². The van der Waals surface area contributed by atoms with Gasteiger partial charge in [-0.25, -0.2) is 13.4 Å². The van der Waals surface area contributed by atoms with Crippen molar-refractivity contribution in [2.24, 2.45) is 5.41 Å². The molecule has 112 valence electrons. The van der Waals surface area contributed by atoms with Crippen molar-refractivity contribution in [1.82, 2.24) is 9.29 Å². The largest absolute Gasteiger partial charge is 0.370 e. The highest BCUT2D eigenvalue weighted by atomic mass is 32.2. The van der Waals surface area contributed by atoms with Crippen molar-refractivity contribution in [3.8, 4) is 0 Å². The van der Waals surface area contributed by atoms with Crippen molar-refractivity contribution >= 4 is 15.8 Å². The van der Waals surface area contributed by atoms with Gasteiger partial charge < -0.3 is 5.32 Å². The smallest absolute Gasteiger partial charge is 0.244 e. The van der Waals surface area contributed by atoms with E-state index in [9.17, 15) is 8.42 Å². The van der Waals surface area contributed by atoms with Crippen LogP contribution in [0.25, 0.3) is 0 Å². The average molecular weight is 297 g/mol. The van der Waals surface area contributed by atoms with E-state index in [1.54, 1.807) is 16.4 Å². The summed E-state index contributed by atoms with van der Waals surface area (Å²) in [5, 5.41) is 3.14. The van der Waals surface area contributed by atoms with Gasteiger partial charge in [-0.3, -0.25) is 0 Å². The summed E-state index contributed by atoms with van der Waals surface area (Å²) < 4.78 is 26.6. The lowest BCUT2D eigenvalue weighted by atomic mass is 9.93. The highest BCUT2D eigenvalue weighted by Crippen LogP contribution is 2.32. The third kappa shape index (κ3) is 3.30. The highest BCUT2D eigenvalue weighted by Gasteiger charge is 2.36. The minimum Gasteiger partial charge on any atom is -0.370 e. The molecular weight excluding hydrogens is 274 g/mol. The number of anilines is 1. The summed E-state index contributed by atoms with van der Waals surface area (Å²) in [6, 6.07) is 3.36. The molecule has 1 aromatic heterocycles. The molecule has 0 aliphatic carbocycles. The second kappa shape index (κ2) is 5.69. The molecule has 0 amide bonds. The lowest BCUT2D eigenvalue weighted by Crippen LogP contribution is -2.30. The van der Waals surface area contributed by atoms with Crippen molar-refractivity contribution in [3.63, 3.8) is 0 Å². The van der Waals surface area contributed by atoms with Crippen molar-refractivity contribution < 1.29 is 8.42 Å². The van der Waals surface area contributed by atoms with Gasteiger partial charge in [0.05, 0.1) is 0 Å². The Morgan fingerprint density at radius 1 is 1.40 bits per heavy atom. The molecule has 0 atom stereocenters. The van der Waals surface area contributed by atoms with Gasteiger partial charge in [0, 0.05) is 25.8 Å². The molecule has 0 unspecified atom stereocenters. The fourth-order valence-electron chi connectivity index (χ4n) is 2.31. The van der Waals surface area contributed by atoms with Gasteiger partial charge in [-0.05, 0) is 30.4 Å². The third-order valence-electron chi connectivity index (χ3n) is 3.57. The van der Waals surface area contributed by atoms with Gasteiger partial charge in [-0.1, -0.05) is 20.8 Å². The van der Waals surface area contributed by atoms with Crippen LogP contribution in [0.2, 0.25) is 0 Å². The van der Waals surface area contributed by atoms with Crippen molar-refractivity contribution in [2.45, 2.75) is 38.5 Å². The molecule has 6 heteroatoms. The van der Waals surface area contributed by atoms with E-state index in [-0.39, 0.29) is 10.3 Å². The van der Waals surface area contributed by atoms with Crippen LogP contribution >= 0.6 is 0 Å². The van der Waals surface area contributed by atoms with Gasteiger partial charge in [0.2, 0.25) is 10.0 Å². The Labute approximate surface area is 121 Å². The lowest BCUT2D eigenvalue weighted by Gasteiger charge is -2.19. The van der Waals surface area contributed by atoms with Crippen molar-refractivity contribution in [1.29, 1.82) is 0 Å². The number of aromatic nitrogens is 1. The summed E-state index contributed by atoms with van der Waals surface area (Å²) in [4.78, 5) is 4.45. The fourth-order valence-corrected chi connectivity index (χ4v) is 3.88. The van der Waals surface area contributed by atoms with E-state index in [4.69, 9.17) is 0 Å². The SMILES string of the molecule is CCCNc1ccc(S(=O)(=O)N2CCC(C)(C)C2)cn1. The molecule has 1 aliphatic rings. The molecule has 5 nitrogen and oxygen atoms in total. The van der Waals surface area contributed by atoms with Gasteiger partial charge in [0.1, 0.15) is 10.7 Å². The van der Waals surface area contributed by atoms with E-state index in [0.29, 0.717) is 18.9 Å². The Balaban J connectivity index is 2.14. The number of pyridine rings is 1. The van der Waals surface area contributed by atoms with Crippen LogP contribution in [-0.2, 0) is 10.0 Å². The number of nitrogens with one attached hydrogen (secondary N) is 1. The molecule has 20 heavy (non-hydrogen) atoms. The Kier molecular flexibility index (Phi) is 4.34. The summed E-state index contributed by atoms with van der Waals surface area (Å²) in [5.74, 6) is 0.715.